The van der Waals surface area contributed by atoms with Crippen molar-refractivity contribution in [2.45, 2.75) is 70.5 Å². The van der Waals surface area contributed by atoms with Gasteiger partial charge in [-0.3, -0.25) is 9.59 Å². The summed E-state index contributed by atoms with van der Waals surface area (Å²) in [6.45, 7) is 8.72. The summed E-state index contributed by atoms with van der Waals surface area (Å²) in [5.41, 5.74) is 1.63. The van der Waals surface area contributed by atoms with Gasteiger partial charge in [0.1, 0.15) is 22.9 Å². The average molecular weight is 394 g/mol. The second kappa shape index (κ2) is 6.60. The molecule has 1 heterocycles. The van der Waals surface area contributed by atoms with Gasteiger partial charge in [-0.05, 0) is 87.8 Å². The smallest absolute Gasteiger partial charge is 0.179 e. The lowest BCUT2D eigenvalue weighted by molar-refractivity contribution is -0.184. The van der Waals surface area contributed by atoms with Crippen LogP contribution in [0.2, 0.25) is 0 Å². The first kappa shape index (κ1) is 20.0. The Bertz CT molecular complexity index is 989. The first-order valence-corrected chi connectivity index (χ1v) is 10.2. The number of hydrogen-bond donors (Lipinski definition) is 0. The molecule has 4 heteroatoms. The summed E-state index contributed by atoms with van der Waals surface area (Å²) in [6.07, 6.45) is 2.09. The highest BCUT2D eigenvalue weighted by atomic mass is 19.1. The molecule has 1 aliphatic heterocycles. The number of carbonyl (C=O) groups is 2. The van der Waals surface area contributed by atoms with Gasteiger partial charge in [0.2, 0.25) is 0 Å². The van der Waals surface area contributed by atoms with Crippen LogP contribution in [0.15, 0.2) is 36.4 Å². The number of ketones is 2. The summed E-state index contributed by atoms with van der Waals surface area (Å²) >= 11 is 0. The second-order valence-corrected chi connectivity index (χ2v) is 9.39. The molecule has 0 N–H and O–H groups in total. The standard InChI is InChI=1S/C25H27FO3/c1-14-6-10-18(20(26)12-14)16-9-11-17(15-7-8-15)19(13-16)21-22(27)24(2,3)29-25(4,5)23(21)28/h6,9-13,15,21H,7-8H2,1-5H3. The number of carbonyl (C=O) groups excluding carboxylic acids is 2. The van der Waals surface area contributed by atoms with Gasteiger partial charge in [0.15, 0.2) is 11.6 Å². The first-order chi connectivity index (χ1) is 13.5. The third-order valence-corrected chi connectivity index (χ3v) is 6.07. The molecule has 0 spiro atoms. The van der Waals surface area contributed by atoms with E-state index in [2.05, 4.69) is 0 Å². The highest BCUT2D eigenvalue weighted by molar-refractivity contribution is 6.15. The van der Waals surface area contributed by atoms with Crippen LogP contribution < -0.4 is 0 Å². The minimum atomic E-state index is -1.06. The Hall–Kier alpha value is -2.33. The monoisotopic (exact) mass is 394 g/mol. The summed E-state index contributed by atoms with van der Waals surface area (Å²) < 4.78 is 20.5. The molecule has 1 aliphatic carbocycles. The van der Waals surface area contributed by atoms with E-state index in [1.807, 2.05) is 31.2 Å². The molecule has 152 valence electrons. The molecule has 1 saturated carbocycles. The van der Waals surface area contributed by atoms with Crippen molar-refractivity contribution in [2.75, 3.05) is 0 Å². The first-order valence-electron chi connectivity index (χ1n) is 10.2. The third-order valence-electron chi connectivity index (χ3n) is 6.07. The van der Waals surface area contributed by atoms with Crippen LogP contribution in [0, 0.1) is 12.7 Å². The van der Waals surface area contributed by atoms with Gasteiger partial charge in [-0.2, -0.15) is 0 Å². The van der Waals surface area contributed by atoms with E-state index < -0.39 is 17.1 Å². The number of rotatable bonds is 3. The topological polar surface area (TPSA) is 43.4 Å². The molecule has 4 rings (SSSR count). The van der Waals surface area contributed by atoms with E-state index >= 15 is 0 Å². The second-order valence-electron chi connectivity index (χ2n) is 9.39. The summed E-state index contributed by atoms with van der Waals surface area (Å²) in [6, 6.07) is 10.8. The van der Waals surface area contributed by atoms with E-state index in [4.69, 9.17) is 4.74 Å². The Kier molecular flexibility index (Phi) is 4.54. The fraction of sp³-hybridized carbons (Fsp3) is 0.440. The maximum absolute atomic E-state index is 14.6. The predicted molar refractivity (Wildman–Crippen MR) is 111 cm³/mol. The molecule has 2 aromatic rings. The van der Waals surface area contributed by atoms with Crippen molar-refractivity contribution >= 4 is 11.6 Å². The zero-order valence-corrected chi connectivity index (χ0v) is 17.6. The molecule has 0 amide bonds. The Labute approximate surface area is 171 Å². The number of aryl methyl sites for hydroxylation is 1. The molecule has 0 radical (unpaired) electrons. The van der Waals surface area contributed by atoms with Gasteiger partial charge in [-0.1, -0.05) is 24.3 Å². The lowest BCUT2D eigenvalue weighted by Crippen LogP contribution is -2.58. The third kappa shape index (κ3) is 3.44. The summed E-state index contributed by atoms with van der Waals surface area (Å²) in [5, 5.41) is 0. The molecule has 0 atom stereocenters. The molecule has 2 aromatic carbocycles. The van der Waals surface area contributed by atoms with Gasteiger partial charge >= 0.3 is 0 Å². The maximum Gasteiger partial charge on any atom is 0.179 e. The molecule has 2 fully saturated rings. The minimum absolute atomic E-state index is 0.231. The number of benzene rings is 2. The largest absolute Gasteiger partial charge is 0.354 e. The van der Waals surface area contributed by atoms with Gasteiger partial charge in [0.05, 0.1) is 0 Å². The molecule has 0 unspecified atom stereocenters. The van der Waals surface area contributed by atoms with Crippen molar-refractivity contribution in [3.63, 3.8) is 0 Å². The maximum atomic E-state index is 14.6. The Morgan fingerprint density at radius 3 is 2.07 bits per heavy atom. The van der Waals surface area contributed by atoms with Gasteiger partial charge < -0.3 is 4.74 Å². The SMILES string of the molecule is Cc1ccc(-c2ccc(C3CC3)c(C3C(=O)C(C)(C)OC(C)(C)C3=O)c2)c(F)c1. The molecule has 2 aliphatic rings. The number of ether oxygens (including phenoxy) is 1. The van der Waals surface area contributed by atoms with Gasteiger partial charge in [-0.25, -0.2) is 4.39 Å². The summed E-state index contributed by atoms with van der Waals surface area (Å²) in [7, 11) is 0. The normalized spacial score (nSPS) is 21.4. The quantitative estimate of drug-likeness (QED) is 0.647. The zero-order chi connectivity index (χ0) is 21.1. The van der Waals surface area contributed by atoms with Crippen LogP contribution in [-0.2, 0) is 14.3 Å². The Balaban J connectivity index is 1.89. The van der Waals surface area contributed by atoms with Crippen LogP contribution in [0.5, 0.6) is 0 Å². The van der Waals surface area contributed by atoms with Crippen molar-refractivity contribution < 1.29 is 18.7 Å². The predicted octanol–water partition coefficient (Wildman–Crippen LogP) is 5.49. The summed E-state index contributed by atoms with van der Waals surface area (Å²) in [4.78, 5) is 26.6. The molecule has 0 bridgehead atoms. The van der Waals surface area contributed by atoms with Gasteiger partial charge in [0.25, 0.3) is 0 Å². The number of hydrogen-bond acceptors (Lipinski definition) is 3. The molecule has 1 saturated heterocycles. The lowest BCUT2D eigenvalue weighted by atomic mass is 9.73. The van der Waals surface area contributed by atoms with Crippen LogP contribution in [0.25, 0.3) is 11.1 Å². The van der Waals surface area contributed by atoms with E-state index in [-0.39, 0.29) is 17.4 Å². The van der Waals surface area contributed by atoms with E-state index in [1.165, 1.54) is 6.07 Å². The van der Waals surface area contributed by atoms with Crippen LogP contribution in [0.1, 0.15) is 69.1 Å². The Morgan fingerprint density at radius 2 is 1.52 bits per heavy atom. The van der Waals surface area contributed by atoms with Crippen molar-refractivity contribution in [3.8, 4) is 11.1 Å². The van der Waals surface area contributed by atoms with Crippen molar-refractivity contribution in [1.82, 2.24) is 0 Å². The molecule has 29 heavy (non-hydrogen) atoms. The van der Waals surface area contributed by atoms with Crippen LogP contribution in [-0.4, -0.2) is 22.8 Å². The van der Waals surface area contributed by atoms with Gasteiger partial charge in [-0.15, -0.1) is 0 Å². The van der Waals surface area contributed by atoms with Crippen LogP contribution in [0.3, 0.4) is 0 Å². The van der Waals surface area contributed by atoms with Crippen molar-refractivity contribution in [1.29, 1.82) is 0 Å². The average Bonchev–Trinajstić information content (AvgIpc) is 3.45. The molecule has 3 nitrogen and oxygen atoms in total. The lowest BCUT2D eigenvalue weighted by Gasteiger charge is -2.43. The number of halogens is 1. The summed E-state index contributed by atoms with van der Waals surface area (Å²) in [5.74, 6) is -1.30. The molecule has 0 aromatic heterocycles. The Morgan fingerprint density at radius 1 is 0.897 bits per heavy atom. The zero-order valence-electron chi connectivity index (χ0n) is 17.6. The van der Waals surface area contributed by atoms with Crippen LogP contribution in [0.4, 0.5) is 4.39 Å². The van der Waals surface area contributed by atoms with Gasteiger partial charge in [0, 0.05) is 5.56 Å². The fourth-order valence-corrected chi connectivity index (χ4v) is 4.45. The van der Waals surface area contributed by atoms with E-state index in [0.717, 1.165) is 24.0 Å². The van der Waals surface area contributed by atoms with E-state index in [0.29, 0.717) is 22.6 Å². The van der Waals surface area contributed by atoms with Crippen molar-refractivity contribution in [3.05, 3.63) is 58.9 Å². The fourth-order valence-electron chi connectivity index (χ4n) is 4.45. The van der Waals surface area contributed by atoms with Crippen molar-refractivity contribution in [2.24, 2.45) is 0 Å². The minimum Gasteiger partial charge on any atom is -0.354 e. The van der Waals surface area contributed by atoms with Crippen LogP contribution >= 0.6 is 0 Å². The number of Topliss-reactive ketones (excluding diaryl/α,β-unsaturated/α-hetero) is 2. The van der Waals surface area contributed by atoms with E-state index in [9.17, 15) is 14.0 Å². The highest BCUT2D eigenvalue weighted by Crippen LogP contribution is 2.47. The molecular weight excluding hydrogens is 367 g/mol. The molecular formula is C25H27FO3. The van der Waals surface area contributed by atoms with E-state index in [1.54, 1.807) is 33.8 Å². The highest BCUT2D eigenvalue weighted by Gasteiger charge is 2.53.